The Bertz CT molecular complexity index is 2110. The van der Waals surface area contributed by atoms with E-state index in [2.05, 4.69) is 21.4 Å². The molecule has 3 heterocycles. The third-order valence-electron chi connectivity index (χ3n) is 7.70. The maximum absolute atomic E-state index is 13.8. The first-order valence-electron chi connectivity index (χ1n) is 14.7. The molecule has 6 aromatic rings. The average Bonchev–Trinajstić information content (AvgIpc) is 3.69. The maximum Gasteiger partial charge on any atom is 0.243 e. The van der Waals surface area contributed by atoms with Crippen LogP contribution >= 0.6 is 22.9 Å². The first-order chi connectivity index (χ1) is 22.0. The molecule has 0 saturated carbocycles. The summed E-state index contributed by atoms with van der Waals surface area (Å²) in [5, 5.41) is 16.8. The fraction of sp³-hybridized carbons (Fsp3) is 0.235. The van der Waals surface area contributed by atoms with Gasteiger partial charge in [-0.05, 0) is 66.9 Å². The quantitative estimate of drug-likeness (QED) is 0.136. The summed E-state index contributed by atoms with van der Waals surface area (Å²) in [6.07, 6.45) is 3.35. The molecule has 0 saturated heterocycles. The molecule has 0 fully saturated rings. The summed E-state index contributed by atoms with van der Waals surface area (Å²) in [7, 11) is -3.83. The second kappa shape index (κ2) is 13.0. The summed E-state index contributed by atoms with van der Waals surface area (Å²) in [4.78, 5) is 9.15. The SMILES string of the molecule is Cc1ccc(S(=O)(=O)N(CCn2ccc3ncnc(Nc4ccc(Oc5cccc6sccc56)c(Cl)c4)c32)CC(C)(C)CO)cc1. The van der Waals surface area contributed by atoms with E-state index in [1.54, 1.807) is 41.7 Å². The van der Waals surface area contributed by atoms with E-state index < -0.39 is 15.4 Å². The molecule has 2 N–H and O–H groups in total. The van der Waals surface area contributed by atoms with Gasteiger partial charge in [-0.3, -0.25) is 0 Å². The van der Waals surface area contributed by atoms with Crippen molar-refractivity contribution in [3.8, 4) is 11.5 Å². The van der Waals surface area contributed by atoms with E-state index in [0.717, 1.165) is 26.9 Å². The number of aliphatic hydroxyl groups excluding tert-OH is 1. The lowest BCUT2D eigenvalue weighted by Gasteiger charge is -2.31. The Morgan fingerprint density at radius 1 is 1.04 bits per heavy atom. The average molecular weight is 676 g/mol. The minimum absolute atomic E-state index is 0.147. The first kappa shape index (κ1) is 32.0. The molecule has 9 nitrogen and oxygen atoms in total. The van der Waals surface area contributed by atoms with Gasteiger partial charge in [-0.1, -0.05) is 49.2 Å². The van der Waals surface area contributed by atoms with Crippen LogP contribution < -0.4 is 10.1 Å². The zero-order valence-electron chi connectivity index (χ0n) is 25.6. The number of nitrogens with one attached hydrogen (secondary N) is 1. The minimum Gasteiger partial charge on any atom is -0.455 e. The molecule has 3 aromatic carbocycles. The van der Waals surface area contributed by atoms with Crippen LogP contribution in [-0.4, -0.2) is 52.1 Å². The number of fused-ring (bicyclic) bond motifs is 2. The topological polar surface area (TPSA) is 110 Å². The second-order valence-corrected chi connectivity index (χ2v) is 15.2. The molecule has 0 unspecified atom stereocenters. The van der Waals surface area contributed by atoms with Crippen LogP contribution in [-0.2, 0) is 16.6 Å². The summed E-state index contributed by atoms with van der Waals surface area (Å²) >= 11 is 8.32. The van der Waals surface area contributed by atoms with Crippen molar-refractivity contribution in [2.75, 3.05) is 25.0 Å². The fourth-order valence-corrected chi connectivity index (χ4v) is 7.81. The molecule has 0 aliphatic carbocycles. The van der Waals surface area contributed by atoms with Gasteiger partial charge in [-0.25, -0.2) is 18.4 Å². The van der Waals surface area contributed by atoms with Gasteiger partial charge in [0.25, 0.3) is 0 Å². The van der Waals surface area contributed by atoms with Gasteiger partial charge in [0.1, 0.15) is 23.3 Å². The highest BCUT2D eigenvalue weighted by atomic mass is 35.5. The Morgan fingerprint density at radius 2 is 1.85 bits per heavy atom. The lowest BCUT2D eigenvalue weighted by Crippen LogP contribution is -2.42. The van der Waals surface area contributed by atoms with E-state index in [-0.39, 0.29) is 24.6 Å². The number of hydrogen-bond acceptors (Lipinski definition) is 8. The van der Waals surface area contributed by atoms with Crippen molar-refractivity contribution < 1.29 is 18.3 Å². The van der Waals surface area contributed by atoms with Crippen molar-refractivity contribution in [3.05, 3.63) is 101 Å². The molecule has 0 aliphatic heterocycles. The third kappa shape index (κ3) is 6.74. The Labute approximate surface area is 277 Å². The van der Waals surface area contributed by atoms with Crippen molar-refractivity contribution in [1.82, 2.24) is 18.8 Å². The van der Waals surface area contributed by atoms with E-state index in [4.69, 9.17) is 16.3 Å². The van der Waals surface area contributed by atoms with Crippen LogP contribution in [0.1, 0.15) is 19.4 Å². The number of hydrogen-bond donors (Lipinski definition) is 2. The summed E-state index contributed by atoms with van der Waals surface area (Å²) in [6.45, 7) is 6.10. The van der Waals surface area contributed by atoms with E-state index in [0.29, 0.717) is 34.3 Å². The van der Waals surface area contributed by atoms with Crippen molar-refractivity contribution in [1.29, 1.82) is 0 Å². The maximum atomic E-state index is 13.8. The van der Waals surface area contributed by atoms with E-state index in [9.17, 15) is 13.5 Å². The largest absolute Gasteiger partial charge is 0.455 e. The molecule has 238 valence electrons. The van der Waals surface area contributed by atoms with Crippen LogP contribution in [0.3, 0.4) is 0 Å². The standard InChI is InChI=1S/C34H34ClN5O4S2/c1-23-7-10-25(11-8-23)46(42,43)40(20-34(2,3)21-41)17-16-39-15-13-28-32(39)33(37-22-36-28)38-24-9-12-30(27(35)19-24)44-29-5-4-6-31-26(29)14-18-45-31/h4-15,18-19,22,41H,16-17,20-21H2,1-3H3,(H,36,37,38). The number of benzene rings is 3. The lowest BCUT2D eigenvalue weighted by atomic mass is 9.95. The van der Waals surface area contributed by atoms with Gasteiger partial charge in [0.2, 0.25) is 10.0 Å². The molecule has 12 heteroatoms. The molecule has 0 spiro atoms. The van der Waals surface area contributed by atoms with Gasteiger partial charge in [0.15, 0.2) is 5.82 Å². The number of aromatic nitrogens is 3. The van der Waals surface area contributed by atoms with Crippen LogP contribution in [0.15, 0.2) is 95.6 Å². The first-order valence-corrected chi connectivity index (χ1v) is 17.4. The number of aryl methyl sites for hydroxylation is 1. The number of sulfonamides is 1. The van der Waals surface area contributed by atoms with Crippen molar-refractivity contribution >= 4 is 65.6 Å². The number of rotatable bonds is 12. The van der Waals surface area contributed by atoms with Crippen LogP contribution in [0.25, 0.3) is 21.1 Å². The van der Waals surface area contributed by atoms with Crippen LogP contribution in [0.2, 0.25) is 5.02 Å². The summed E-state index contributed by atoms with van der Waals surface area (Å²) < 4.78 is 38.2. The molecule has 0 atom stereocenters. The number of aliphatic hydroxyl groups is 1. The van der Waals surface area contributed by atoms with Crippen molar-refractivity contribution in [2.45, 2.75) is 32.2 Å². The molecular weight excluding hydrogens is 642 g/mol. The van der Waals surface area contributed by atoms with Gasteiger partial charge in [0, 0.05) is 53.6 Å². The Balaban J connectivity index is 1.25. The summed E-state index contributed by atoms with van der Waals surface area (Å²) in [5.74, 6) is 1.81. The molecule has 0 amide bonds. The Kier molecular flexibility index (Phi) is 9.04. The molecule has 0 bridgehead atoms. The Morgan fingerprint density at radius 3 is 2.61 bits per heavy atom. The molecule has 46 heavy (non-hydrogen) atoms. The van der Waals surface area contributed by atoms with E-state index in [1.165, 1.54) is 10.6 Å². The number of thiophene rings is 1. The van der Waals surface area contributed by atoms with Crippen LogP contribution in [0.4, 0.5) is 11.5 Å². The predicted molar refractivity (Wildman–Crippen MR) is 185 cm³/mol. The summed E-state index contributed by atoms with van der Waals surface area (Å²) in [5.41, 5.74) is 2.46. The van der Waals surface area contributed by atoms with Crippen molar-refractivity contribution in [2.24, 2.45) is 5.41 Å². The minimum atomic E-state index is -3.83. The smallest absolute Gasteiger partial charge is 0.243 e. The lowest BCUT2D eigenvalue weighted by molar-refractivity contribution is 0.133. The fourth-order valence-electron chi connectivity index (χ4n) is 5.17. The highest BCUT2D eigenvalue weighted by molar-refractivity contribution is 7.89. The van der Waals surface area contributed by atoms with E-state index in [1.807, 2.05) is 73.3 Å². The number of nitrogens with zero attached hydrogens (tertiary/aromatic N) is 4. The summed E-state index contributed by atoms with van der Waals surface area (Å²) in [6, 6.07) is 22.1. The number of halogens is 1. The third-order valence-corrected chi connectivity index (χ3v) is 10.7. The molecule has 3 aromatic heterocycles. The number of anilines is 2. The van der Waals surface area contributed by atoms with Gasteiger partial charge in [-0.2, -0.15) is 4.31 Å². The monoisotopic (exact) mass is 675 g/mol. The molecule has 6 rings (SSSR count). The van der Waals surface area contributed by atoms with Gasteiger partial charge >= 0.3 is 0 Å². The molecule has 0 aliphatic rings. The van der Waals surface area contributed by atoms with E-state index >= 15 is 0 Å². The second-order valence-electron chi connectivity index (χ2n) is 11.9. The zero-order valence-corrected chi connectivity index (χ0v) is 28.0. The van der Waals surface area contributed by atoms with Crippen LogP contribution in [0, 0.1) is 12.3 Å². The van der Waals surface area contributed by atoms with Gasteiger partial charge in [-0.15, -0.1) is 11.3 Å². The Hall–Kier alpha value is -4.00. The van der Waals surface area contributed by atoms with Crippen LogP contribution in [0.5, 0.6) is 11.5 Å². The van der Waals surface area contributed by atoms with Gasteiger partial charge < -0.3 is 19.7 Å². The van der Waals surface area contributed by atoms with Gasteiger partial charge in [0.05, 0.1) is 15.4 Å². The highest BCUT2D eigenvalue weighted by Crippen LogP contribution is 2.37. The molecule has 0 radical (unpaired) electrons. The normalized spacial score (nSPS) is 12.3. The number of ether oxygens (including phenoxy) is 1. The zero-order chi connectivity index (χ0) is 32.5. The predicted octanol–water partition coefficient (Wildman–Crippen LogP) is 7.85. The van der Waals surface area contributed by atoms with Crippen molar-refractivity contribution in [3.63, 3.8) is 0 Å². The highest BCUT2D eigenvalue weighted by Gasteiger charge is 2.30. The molecular formula is C34H34ClN5O4S2.